The summed E-state index contributed by atoms with van der Waals surface area (Å²) in [5.74, 6) is -2.74. The highest BCUT2D eigenvalue weighted by atomic mass is 35.5. The number of nitrogen functional groups attached to an aromatic ring is 1. The van der Waals surface area contributed by atoms with Crippen LogP contribution in [0.4, 0.5) is 11.4 Å². The first kappa shape index (κ1) is 29.7. The summed E-state index contributed by atoms with van der Waals surface area (Å²) < 4.78 is 31.9. The minimum absolute atomic E-state index is 0.0203. The van der Waals surface area contributed by atoms with Gasteiger partial charge in [0.25, 0.3) is 0 Å². The number of benzene rings is 2. The average Bonchev–Trinajstić information content (AvgIpc) is 3.18. The Bertz CT molecular complexity index is 1540. The molecular weight excluding hydrogens is 576 g/mol. The van der Waals surface area contributed by atoms with E-state index in [1.807, 2.05) is 26.0 Å². The van der Waals surface area contributed by atoms with E-state index in [-0.39, 0.29) is 27.4 Å². The predicted molar refractivity (Wildman–Crippen MR) is 157 cm³/mol. The summed E-state index contributed by atoms with van der Waals surface area (Å²) in [5, 5.41) is 21.5. The van der Waals surface area contributed by atoms with Gasteiger partial charge in [0.05, 0.1) is 15.9 Å². The van der Waals surface area contributed by atoms with Crippen molar-refractivity contribution in [2.75, 3.05) is 17.7 Å². The predicted octanol–water partition coefficient (Wildman–Crippen LogP) is 5.79. The average molecular weight is 607 g/mol. The van der Waals surface area contributed by atoms with Gasteiger partial charge in [0.2, 0.25) is 0 Å². The van der Waals surface area contributed by atoms with Crippen LogP contribution in [-0.2, 0) is 20.4 Å². The normalized spacial score (nSPS) is 18.7. The molecule has 0 saturated heterocycles. The Labute approximate surface area is 241 Å². The van der Waals surface area contributed by atoms with Crippen LogP contribution in [0.25, 0.3) is 10.4 Å². The van der Waals surface area contributed by atoms with Crippen molar-refractivity contribution in [1.29, 1.82) is 0 Å². The van der Waals surface area contributed by atoms with Gasteiger partial charge in [-0.3, -0.25) is 0 Å². The van der Waals surface area contributed by atoms with Crippen molar-refractivity contribution in [1.82, 2.24) is 0 Å². The van der Waals surface area contributed by atoms with Crippen LogP contribution >= 0.6 is 22.9 Å². The van der Waals surface area contributed by atoms with E-state index in [0.717, 1.165) is 17.0 Å². The maximum absolute atomic E-state index is 13.4. The first-order valence-electron chi connectivity index (χ1n) is 12.6. The molecule has 40 heavy (non-hydrogen) atoms. The summed E-state index contributed by atoms with van der Waals surface area (Å²) >= 11 is 7.35. The number of rotatable bonds is 10. The SMILES string of the molecule is CC1(C)C[C@@H](Nc2cccc(-c3sc(C(=O)O)c(OCC(=O)O)c3Cl)c2)CCC1S(=O)(=O)Cc1cccc(N)c1. The summed E-state index contributed by atoms with van der Waals surface area (Å²) in [7, 11) is -3.42. The number of ether oxygens (including phenoxy) is 1. The molecule has 0 aliphatic heterocycles. The number of aliphatic carboxylic acids is 1. The second kappa shape index (κ2) is 11.7. The number of hydrogen-bond donors (Lipinski definition) is 4. The highest BCUT2D eigenvalue weighted by Gasteiger charge is 2.44. The molecule has 1 fully saturated rings. The third-order valence-corrected chi connectivity index (χ3v) is 11.2. The van der Waals surface area contributed by atoms with E-state index in [1.54, 1.807) is 36.4 Å². The molecule has 1 aliphatic carbocycles. The first-order chi connectivity index (χ1) is 18.8. The van der Waals surface area contributed by atoms with Crippen LogP contribution in [0, 0.1) is 5.41 Å². The van der Waals surface area contributed by atoms with Crippen LogP contribution in [0.2, 0.25) is 5.02 Å². The molecule has 0 spiro atoms. The molecule has 214 valence electrons. The van der Waals surface area contributed by atoms with Gasteiger partial charge in [-0.2, -0.15) is 0 Å². The lowest BCUT2D eigenvalue weighted by Crippen LogP contribution is -2.45. The van der Waals surface area contributed by atoms with Crippen LogP contribution in [0.1, 0.15) is 48.3 Å². The summed E-state index contributed by atoms with van der Waals surface area (Å²) in [6.07, 6.45) is 1.80. The number of anilines is 2. The third kappa shape index (κ3) is 6.71. The molecule has 2 atom stereocenters. The van der Waals surface area contributed by atoms with Gasteiger partial charge in [0.1, 0.15) is 5.02 Å². The molecule has 0 radical (unpaired) electrons. The summed E-state index contributed by atoms with van der Waals surface area (Å²) in [6.45, 7) is 3.25. The van der Waals surface area contributed by atoms with Gasteiger partial charge in [-0.25, -0.2) is 18.0 Å². The van der Waals surface area contributed by atoms with Gasteiger partial charge in [-0.05, 0) is 60.1 Å². The van der Waals surface area contributed by atoms with Crippen molar-refractivity contribution >= 4 is 56.1 Å². The molecule has 3 aromatic rings. The number of nitrogens with one attached hydrogen (secondary N) is 1. The van der Waals surface area contributed by atoms with E-state index in [9.17, 15) is 23.1 Å². The minimum atomic E-state index is -3.42. The zero-order valence-electron chi connectivity index (χ0n) is 22.0. The Kier molecular flexibility index (Phi) is 8.67. The number of carboxylic acid groups (broad SMARTS) is 2. The fourth-order valence-corrected chi connectivity index (χ4v) is 9.20. The van der Waals surface area contributed by atoms with Crippen LogP contribution in [0.15, 0.2) is 48.5 Å². The molecule has 0 amide bonds. The van der Waals surface area contributed by atoms with Crippen molar-refractivity contribution in [2.24, 2.45) is 5.41 Å². The van der Waals surface area contributed by atoms with E-state index < -0.39 is 39.0 Å². The minimum Gasteiger partial charge on any atom is -0.479 e. The van der Waals surface area contributed by atoms with Crippen LogP contribution < -0.4 is 15.8 Å². The number of hydrogen-bond acceptors (Lipinski definition) is 8. The van der Waals surface area contributed by atoms with Crippen molar-refractivity contribution < 1.29 is 33.0 Å². The molecule has 2 aromatic carbocycles. The second-order valence-electron chi connectivity index (χ2n) is 10.6. The zero-order chi connectivity index (χ0) is 29.2. The Morgan fingerprint density at radius 3 is 2.52 bits per heavy atom. The molecule has 12 heteroatoms. The largest absolute Gasteiger partial charge is 0.479 e. The molecule has 4 rings (SSSR count). The highest BCUT2D eigenvalue weighted by molar-refractivity contribution is 7.91. The summed E-state index contributed by atoms with van der Waals surface area (Å²) in [5.41, 5.74) is 8.00. The number of halogens is 1. The lowest BCUT2D eigenvalue weighted by atomic mass is 9.74. The molecule has 1 aromatic heterocycles. The Hall–Kier alpha value is -3.28. The maximum atomic E-state index is 13.4. The second-order valence-corrected chi connectivity index (χ2v) is 14.2. The van der Waals surface area contributed by atoms with E-state index in [0.29, 0.717) is 41.0 Å². The number of thiophene rings is 1. The fourth-order valence-electron chi connectivity index (χ4n) is 5.39. The molecule has 0 bridgehead atoms. The van der Waals surface area contributed by atoms with Gasteiger partial charge < -0.3 is 26.0 Å². The number of carboxylic acids is 2. The monoisotopic (exact) mass is 606 g/mol. The van der Waals surface area contributed by atoms with E-state index in [4.69, 9.17) is 27.2 Å². The fraction of sp³-hybridized carbons (Fsp3) is 0.357. The smallest absolute Gasteiger partial charge is 0.349 e. The summed E-state index contributed by atoms with van der Waals surface area (Å²) in [6, 6.07) is 14.3. The van der Waals surface area contributed by atoms with Gasteiger partial charge >= 0.3 is 11.9 Å². The number of sulfone groups is 1. The number of nitrogens with two attached hydrogens (primary N) is 1. The number of carbonyl (C=O) groups is 2. The molecule has 9 nitrogen and oxygen atoms in total. The standard InChI is InChI=1S/C28H31ClN2O7S2/c1-28(2)13-20(9-10-21(28)40(36,37)15-16-5-3-7-18(30)11-16)31-19-8-4-6-17(12-19)25-23(29)24(38-14-22(32)33)26(39-25)27(34)35/h3-8,11-12,20-21,31H,9-10,13-15,30H2,1-2H3,(H,32,33)(H,34,35)/t20-,21?/m0/s1. The topological polar surface area (TPSA) is 156 Å². The van der Waals surface area contributed by atoms with Crippen molar-refractivity contribution in [2.45, 2.75) is 50.2 Å². The highest BCUT2D eigenvalue weighted by Crippen LogP contribution is 2.46. The maximum Gasteiger partial charge on any atom is 0.349 e. The number of aromatic carboxylic acids is 1. The Morgan fingerprint density at radius 2 is 1.88 bits per heavy atom. The van der Waals surface area contributed by atoms with Gasteiger partial charge in [-0.15, -0.1) is 11.3 Å². The summed E-state index contributed by atoms with van der Waals surface area (Å²) in [4.78, 5) is 22.9. The van der Waals surface area contributed by atoms with Crippen molar-refractivity contribution in [3.8, 4) is 16.2 Å². The Morgan fingerprint density at radius 1 is 1.15 bits per heavy atom. The molecule has 1 saturated carbocycles. The Balaban J connectivity index is 1.50. The molecule has 1 aliphatic rings. The van der Waals surface area contributed by atoms with Crippen LogP contribution in [0.5, 0.6) is 5.75 Å². The third-order valence-electron chi connectivity index (χ3n) is 7.01. The van der Waals surface area contributed by atoms with Crippen LogP contribution in [0.3, 0.4) is 0 Å². The molecular formula is C28H31ClN2O7S2. The van der Waals surface area contributed by atoms with Crippen LogP contribution in [-0.4, -0.2) is 48.5 Å². The molecule has 1 heterocycles. The van der Waals surface area contributed by atoms with Crippen molar-refractivity contribution in [3.05, 3.63) is 64.0 Å². The van der Waals surface area contributed by atoms with E-state index >= 15 is 0 Å². The lowest BCUT2D eigenvalue weighted by molar-refractivity contribution is -0.139. The van der Waals surface area contributed by atoms with Gasteiger partial charge in [0, 0.05) is 17.4 Å². The first-order valence-corrected chi connectivity index (χ1v) is 15.5. The molecule has 5 N–H and O–H groups in total. The van der Waals surface area contributed by atoms with Gasteiger partial charge in [-0.1, -0.05) is 49.7 Å². The van der Waals surface area contributed by atoms with Crippen molar-refractivity contribution in [3.63, 3.8) is 0 Å². The molecule has 1 unspecified atom stereocenters. The van der Waals surface area contributed by atoms with Gasteiger partial charge in [0.15, 0.2) is 27.1 Å². The van der Waals surface area contributed by atoms with E-state index in [2.05, 4.69) is 5.32 Å². The lowest BCUT2D eigenvalue weighted by Gasteiger charge is -2.42. The quantitative estimate of drug-likeness (QED) is 0.210. The van der Waals surface area contributed by atoms with E-state index in [1.165, 1.54) is 0 Å². The zero-order valence-corrected chi connectivity index (χ0v) is 24.4.